The highest BCUT2D eigenvalue weighted by molar-refractivity contribution is 5.98. The van der Waals surface area contributed by atoms with Crippen molar-refractivity contribution in [1.82, 2.24) is 14.5 Å². The van der Waals surface area contributed by atoms with Gasteiger partial charge in [-0.05, 0) is 163 Å². The molecule has 0 aliphatic carbocycles. The second-order valence-corrected chi connectivity index (χ2v) is 20.3. The van der Waals surface area contributed by atoms with Gasteiger partial charge in [-0.25, -0.2) is 9.97 Å². The summed E-state index contributed by atoms with van der Waals surface area (Å²) >= 11 is 0. The maximum atomic E-state index is 5.65. The van der Waals surface area contributed by atoms with Gasteiger partial charge in [0.2, 0.25) is 0 Å². The molecule has 0 N–H and O–H groups in total. The first-order valence-corrected chi connectivity index (χ1v) is 27.6. The summed E-state index contributed by atoms with van der Waals surface area (Å²) in [4.78, 5) is 18.1. The molecule has 13 rings (SSSR count). The highest BCUT2D eigenvalue weighted by Crippen LogP contribution is 2.42. The molecule has 0 aliphatic heterocycles. The first-order chi connectivity index (χ1) is 40.0. The zero-order valence-corrected chi connectivity index (χ0v) is 45.1. The number of para-hydroxylation sites is 5. The Morgan fingerprint density at radius 2 is 0.914 bits per heavy atom. The number of allylic oxidation sites excluding steroid dienone is 1. The van der Waals surface area contributed by atoms with Crippen molar-refractivity contribution in [2.75, 3.05) is 21.2 Å². The van der Waals surface area contributed by atoms with Crippen LogP contribution >= 0.6 is 0 Å². The SMILES string of the molecule is C=CCc1ccccc1N(CC=C)c1ccc(N(c2ccccc2)c2ccc(-c3nc4cccc(-c5ccc6ccccc6c5)c4nc3-c3ccc(N(c4ccccc4)c4ccc(-n5c(C)cc6ccccc65)cc4)cc3)cc2)cc1. The van der Waals surface area contributed by atoms with Crippen LogP contribution in [0.15, 0.2) is 298 Å². The summed E-state index contributed by atoms with van der Waals surface area (Å²) in [5.74, 6) is 0. The maximum absolute atomic E-state index is 5.65. The van der Waals surface area contributed by atoms with Crippen LogP contribution in [0.3, 0.4) is 0 Å². The second kappa shape index (κ2) is 22.1. The van der Waals surface area contributed by atoms with E-state index in [1.54, 1.807) is 0 Å². The Bertz CT molecular complexity index is 4380. The molecule has 81 heavy (non-hydrogen) atoms. The molecule has 13 aromatic rings. The number of hydrogen-bond acceptors (Lipinski definition) is 5. The maximum Gasteiger partial charge on any atom is 0.0973 e. The number of anilines is 8. The summed E-state index contributed by atoms with van der Waals surface area (Å²) in [5.41, 5.74) is 20.5. The van der Waals surface area contributed by atoms with Crippen LogP contribution in [0.4, 0.5) is 45.5 Å². The average molecular weight is 1040 g/mol. The smallest absolute Gasteiger partial charge is 0.0973 e. The van der Waals surface area contributed by atoms with Gasteiger partial charge in [0, 0.05) is 85.5 Å². The fraction of sp³-hybridized carbons (Fsp3) is 0.0400. The first kappa shape index (κ1) is 50.0. The van der Waals surface area contributed by atoms with Gasteiger partial charge in [0.25, 0.3) is 0 Å². The van der Waals surface area contributed by atoms with E-state index in [4.69, 9.17) is 9.97 Å². The minimum Gasteiger partial charge on any atom is -0.337 e. The van der Waals surface area contributed by atoms with Gasteiger partial charge in [-0.15, -0.1) is 13.2 Å². The summed E-state index contributed by atoms with van der Waals surface area (Å²) in [7, 11) is 0. The van der Waals surface area contributed by atoms with Gasteiger partial charge in [-0.1, -0.05) is 158 Å². The van der Waals surface area contributed by atoms with Crippen LogP contribution in [-0.4, -0.2) is 21.1 Å². The van der Waals surface area contributed by atoms with E-state index in [1.807, 2.05) is 12.2 Å². The molecule has 0 atom stereocenters. The van der Waals surface area contributed by atoms with E-state index in [1.165, 1.54) is 32.9 Å². The molecule has 388 valence electrons. The highest BCUT2D eigenvalue weighted by Gasteiger charge is 2.21. The van der Waals surface area contributed by atoms with Gasteiger partial charge in [0.05, 0.1) is 27.9 Å². The Hall–Kier alpha value is -10.6. The van der Waals surface area contributed by atoms with E-state index < -0.39 is 0 Å². The molecule has 0 amide bonds. The molecular weight excluding hydrogens is 985 g/mol. The van der Waals surface area contributed by atoms with Crippen molar-refractivity contribution in [3.05, 3.63) is 310 Å². The summed E-state index contributed by atoms with van der Waals surface area (Å²) in [6.07, 6.45) is 4.69. The number of benzene rings is 11. The van der Waals surface area contributed by atoms with Crippen molar-refractivity contribution in [2.24, 2.45) is 0 Å². The van der Waals surface area contributed by atoms with E-state index in [0.717, 1.165) is 102 Å². The lowest BCUT2D eigenvalue weighted by atomic mass is 9.98. The topological polar surface area (TPSA) is 40.4 Å². The second-order valence-electron chi connectivity index (χ2n) is 20.3. The highest BCUT2D eigenvalue weighted by atomic mass is 15.2. The van der Waals surface area contributed by atoms with E-state index in [0.29, 0.717) is 6.54 Å². The molecule has 0 aliphatic rings. The Kier molecular flexibility index (Phi) is 13.6. The van der Waals surface area contributed by atoms with Crippen LogP contribution in [0.2, 0.25) is 0 Å². The number of fused-ring (bicyclic) bond motifs is 3. The van der Waals surface area contributed by atoms with Crippen LogP contribution < -0.4 is 14.7 Å². The van der Waals surface area contributed by atoms with Gasteiger partial charge in [0.1, 0.15) is 0 Å². The van der Waals surface area contributed by atoms with Crippen molar-refractivity contribution in [3.8, 4) is 39.3 Å². The summed E-state index contributed by atoms with van der Waals surface area (Å²) < 4.78 is 2.32. The van der Waals surface area contributed by atoms with E-state index in [9.17, 15) is 0 Å². The summed E-state index contributed by atoms with van der Waals surface area (Å²) in [6, 6.07) is 97.1. The third kappa shape index (κ3) is 9.81. The lowest BCUT2D eigenvalue weighted by molar-refractivity contribution is 1.05. The van der Waals surface area contributed by atoms with Gasteiger partial charge < -0.3 is 19.3 Å². The van der Waals surface area contributed by atoms with Gasteiger partial charge in [-0.2, -0.15) is 0 Å². The minimum absolute atomic E-state index is 0.667. The van der Waals surface area contributed by atoms with Crippen LogP contribution in [0.1, 0.15) is 11.3 Å². The third-order valence-electron chi connectivity index (χ3n) is 15.2. The predicted octanol–water partition coefficient (Wildman–Crippen LogP) is 20.0. The molecule has 0 saturated heterocycles. The van der Waals surface area contributed by atoms with Crippen molar-refractivity contribution >= 4 is 78.2 Å². The van der Waals surface area contributed by atoms with Crippen molar-refractivity contribution < 1.29 is 0 Å². The molecule has 6 heteroatoms. The van der Waals surface area contributed by atoms with E-state index in [2.05, 4.69) is 312 Å². The third-order valence-corrected chi connectivity index (χ3v) is 15.2. The van der Waals surface area contributed by atoms with E-state index >= 15 is 0 Å². The number of aryl methyl sites for hydroxylation is 1. The van der Waals surface area contributed by atoms with Crippen molar-refractivity contribution in [1.29, 1.82) is 0 Å². The molecule has 2 aromatic heterocycles. The lowest BCUT2D eigenvalue weighted by Gasteiger charge is -2.28. The summed E-state index contributed by atoms with van der Waals surface area (Å²) in [5, 5.41) is 3.61. The molecule has 0 bridgehead atoms. The lowest BCUT2D eigenvalue weighted by Crippen LogP contribution is -2.18. The van der Waals surface area contributed by atoms with E-state index in [-0.39, 0.29) is 0 Å². The molecule has 11 aromatic carbocycles. The predicted molar refractivity (Wildman–Crippen MR) is 342 cm³/mol. The van der Waals surface area contributed by atoms with Crippen LogP contribution in [-0.2, 0) is 6.42 Å². The fourth-order valence-corrected chi connectivity index (χ4v) is 11.4. The molecule has 0 spiro atoms. The Balaban J connectivity index is 0.897. The molecule has 0 saturated carbocycles. The Morgan fingerprint density at radius 1 is 0.407 bits per heavy atom. The molecule has 0 unspecified atom stereocenters. The Morgan fingerprint density at radius 3 is 1.54 bits per heavy atom. The fourth-order valence-electron chi connectivity index (χ4n) is 11.4. The van der Waals surface area contributed by atoms with Crippen molar-refractivity contribution in [2.45, 2.75) is 13.3 Å². The number of hydrogen-bond donors (Lipinski definition) is 0. The largest absolute Gasteiger partial charge is 0.337 e. The number of nitrogens with zero attached hydrogens (tertiary/aromatic N) is 6. The van der Waals surface area contributed by atoms with Crippen LogP contribution in [0, 0.1) is 6.92 Å². The minimum atomic E-state index is 0.667. The van der Waals surface area contributed by atoms with Crippen LogP contribution in [0.25, 0.3) is 72.0 Å². The van der Waals surface area contributed by atoms with Crippen molar-refractivity contribution in [3.63, 3.8) is 0 Å². The molecule has 2 heterocycles. The zero-order chi connectivity index (χ0) is 54.7. The Labute approximate surface area is 473 Å². The molecule has 0 fully saturated rings. The monoisotopic (exact) mass is 1040 g/mol. The standard InChI is InChI=1S/C75H58N6/c1-4-19-55-21-14-16-30-71(55)78(50-5-2)61-42-44-67(45-43-61)80(62-24-8-6-9-25-62)65-38-34-56(35-39-65)73-74(77-75-69(28-18-29-70(75)76-73)59-33-32-54-20-12-13-22-58(54)52-59)57-36-40-66(41-37-57)81(63-26-10-7-11-27-63)68-48-46-64(47-49-68)79-53(3)51-60-23-15-17-31-72(60)79/h4-18,20-49,51-52H,1-2,19,50H2,3H3. The summed E-state index contributed by atoms with van der Waals surface area (Å²) in [6.45, 7) is 11.0. The number of rotatable bonds is 16. The molecular formula is C75H58N6. The number of aromatic nitrogens is 3. The van der Waals surface area contributed by atoms with Gasteiger partial charge in [-0.3, -0.25) is 0 Å². The van der Waals surface area contributed by atoms with Gasteiger partial charge in [0.15, 0.2) is 0 Å². The zero-order valence-electron chi connectivity index (χ0n) is 45.1. The quantitative estimate of drug-likeness (QED) is 0.0902. The van der Waals surface area contributed by atoms with Crippen LogP contribution in [0.5, 0.6) is 0 Å². The van der Waals surface area contributed by atoms with Gasteiger partial charge >= 0.3 is 0 Å². The molecule has 6 nitrogen and oxygen atoms in total. The average Bonchev–Trinajstić information content (AvgIpc) is 3.91. The molecule has 0 radical (unpaired) electrons. The normalized spacial score (nSPS) is 11.2. The first-order valence-electron chi connectivity index (χ1n) is 27.6.